The van der Waals surface area contributed by atoms with Gasteiger partial charge in [0.1, 0.15) is 5.82 Å². The molecule has 3 nitrogen and oxygen atoms in total. The summed E-state index contributed by atoms with van der Waals surface area (Å²) in [5.41, 5.74) is 13.5. The summed E-state index contributed by atoms with van der Waals surface area (Å²) in [6.45, 7) is 4.05. The summed E-state index contributed by atoms with van der Waals surface area (Å²) in [5.74, 6) is 0.595. The molecule has 1 aromatic rings. The first-order valence-corrected chi connectivity index (χ1v) is 5.27. The molecule has 0 aliphatic rings. The van der Waals surface area contributed by atoms with Gasteiger partial charge in [-0.15, -0.1) is 0 Å². The number of aryl methyl sites for hydroxylation is 1. The van der Waals surface area contributed by atoms with Crippen LogP contribution in [0.5, 0.6) is 0 Å². The Bertz CT molecular complexity index is 345. The topological polar surface area (TPSA) is 64.9 Å². The summed E-state index contributed by atoms with van der Waals surface area (Å²) in [4.78, 5) is 4.09. The molecule has 15 heavy (non-hydrogen) atoms. The van der Waals surface area contributed by atoms with E-state index in [1.54, 1.807) is 6.20 Å². The molecule has 0 saturated carbocycles. The van der Waals surface area contributed by atoms with E-state index < -0.39 is 0 Å². The van der Waals surface area contributed by atoms with Gasteiger partial charge in [-0.3, -0.25) is 0 Å². The second-order valence-corrected chi connectivity index (χ2v) is 3.78. The lowest BCUT2D eigenvalue weighted by Crippen LogP contribution is -2.16. The van der Waals surface area contributed by atoms with E-state index in [2.05, 4.69) is 18.0 Å². The first-order valence-electron chi connectivity index (χ1n) is 5.27. The third-order valence-corrected chi connectivity index (χ3v) is 2.41. The molecule has 0 aliphatic heterocycles. The van der Waals surface area contributed by atoms with Crippen molar-refractivity contribution in [3.05, 3.63) is 29.5 Å². The van der Waals surface area contributed by atoms with Crippen LogP contribution >= 0.6 is 0 Å². The van der Waals surface area contributed by atoms with Gasteiger partial charge in [-0.05, 0) is 37.0 Å². The van der Waals surface area contributed by atoms with Crippen LogP contribution in [0, 0.1) is 6.92 Å². The standard InChI is InChI=1S/C12H19N3/c1-3-11(13)6-4-5-10-7-9(2)12(14)15-8-10/h4-5,7-8,11H,3,6,13H2,1-2H3,(H2,14,15)/b5-4+. The van der Waals surface area contributed by atoms with Gasteiger partial charge < -0.3 is 11.5 Å². The molecular formula is C12H19N3. The normalized spacial score (nSPS) is 13.3. The molecule has 0 aliphatic carbocycles. The first-order chi connectivity index (χ1) is 7.13. The smallest absolute Gasteiger partial charge is 0.126 e. The monoisotopic (exact) mass is 205 g/mol. The van der Waals surface area contributed by atoms with E-state index in [4.69, 9.17) is 11.5 Å². The van der Waals surface area contributed by atoms with Gasteiger partial charge in [0.05, 0.1) is 0 Å². The number of hydrogen-bond donors (Lipinski definition) is 2. The van der Waals surface area contributed by atoms with Crippen LogP contribution in [0.1, 0.15) is 30.9 Å². The Morgan fingerprint density at radius 1 is 1.53 bits per heavy atom. The molecule has 0 bridgehead atoms. The van der Waals surface area contributed by atoms with E-state index in [-0.39, 0.29) is 6.04 Å². The Kier molecular flexibility index (Phi) is 4.31. The third kappa shape index (κ3) is 3.72. The van der Waals surface area contributed by atoms with Gasteiger partial charge in [-0.1, -0.05) is 19.1 Å². The van der Waals surface area contributed by atoms with Crippen LogP contribution in [-0.4, -0.2) is 11.0 Å². The zero-order valence-corrected chi connectivity index (χ0v) is 9.40. The van der Waals surface area contributed by atoms with Crippen molar-refractivity contribution < 1.29 is 0 Å². The van der Waals surface area contributed by atoms with E-state index in [9.17, 15) is 0 Å². The van der Waals surface area contributed by atoms with Gasteiger partial charge in [-0.25, -0.2) is 4.98 Å². The minimum atomic E-state index is 0.254. The molecule has 1 atom stereocenters. The van der Waals surface area contributed by atoms with E-state index in [1.807, 2.05) is 19.1 Å². The summed E-state index contributed by atoms with van der Waals surface area (Å²) in [6, 6.07) is 2.28. The number of nitrogen functional groups attached to an aromatic ring is 1. The highest BCUT2D eigenvalue weighted by atomic mass is 14.8. The Morgan fingerprint density at radius 3 is 2.87 bits per heavy atom. The Morgan fingerprint density at radius 2 is 2.27 bits per heavy atom. The minimum absolute atomic E-state index is 0.254. The fourth-order valence-electron chi connectivity index (χ4n) is 1.24. The van der Waals surface area contributed by atoms with Crippen molar-refractivity contribution in [2.75, 3.05) is 5.73 Å². The lowest BCUT2D eigenvalue weighted by molar-refractivity contribution is 0.660. The number of rotatable bonds is 4. The van der Waals surface area contributed by atoms with Gasteiger partial charge in [0.2, 0.25) is 0 Å². The van der Waals surface area contributed by atoms with Crippen molar-refractivity contribution in [2.24, 2.45) is 5.73 Å². The number of aromatic nitrogens is 1. The first kappa shape index (κ1) is 11.7. The Labute approximate surface area is 91.2 Å². The van der Waals surface area contributed by atoms with Crippen molar-refractivity contribution in [3.63, 3.8) is 0 Å². The largest absolute Gasteiger partial charge is 0.383 e. The SMILES string of the molecule is CCC(N)C/C=C/c1cnc(N)c(C)c1. The Hall–Kier alpha value is -1.35. The average molecular weight is 205 g/mol. The second-order valence-electron chi connectivity index (χ2n) is 3.78. The quantitative estimate of drug-likeness (QED) is 0.791. The minimum Gasteiger partial charge on any atom is -0.383 e. The predicted molar refractivity (Wildman–Crippen MR) is 65.3 cm³/mol. The van der Waals surface area contributed by atoms with Gasteiger partial charge in [-0.2, -0.15) is 0 Å². The fourth-order valence-corrected chi connectivity index (χ4v) is 1.24. The lowest BCUT2D eigenvalue weighted by atomic mass is 10.1. The fraction of sp³-hybridized carbons (Fsp3) is 0.417. The molecular weight excluding hydrogens is 186 g/mol. The van der Waals surface area contributed by atoms with Crippen LogP contribution in [0.4, 0.5) is 5.82 Å². The average Bonchev–Trinajstić information content (AvgIpc) is 2.23. The summed E-state index contributed by atoms with van der Waals surface area (Å²) in [7, 11) is 0. The number of anilines is 1. The highest BCUT2D eigenvalue weighted by Crippen LogP contribution is 2.10. The van der Waals surface area contributed by atoms with Crippen molar-refractivity contribution in [2.45, 2.75) is 32.7 Å². The number of hydrogen-bond acceptors (Lipinski definition) is 3. The van der Waals surface area contributed by atoms with E-state index in [0.717, 1.165) is 24.0 Å². The van der Waals surface area contributed by atoms with Crippen LogP contribution in [0.25, 0.3) is 6.08 Å². The molecule has 1 heterocycles. The summed E-state index contributed by atoms with van der Waals surface area (Å²) >= 11 is 0. The van der Waals surface area contributed by atoms with Gasteiger partial charge in [0.25, 0.3) is 0 Å². The maximum absolute atomic E-state index is 5.80. The van der Waals surface area contributed by atoms with Crippen molar-refractivity contribution >= 4 is 11.9 Å². The molecule has 1 aromatic heterocycles. The molecule has 0 aromatic carbocycles. The number of nitrogens with two attached hydrogens (primary N) is 2. The van der Waals surface area contributed by atoms with Gasteiger partial charge >= 0.3 is 0 Å². The number of nitrogens with zero attached hydrogens (tertiary/aromatic N) is 1. The maximum Gasteiger partial charge on any atom is 0.126 e. The second kappa shape index (κ2) is 5.51. The molecule has 0 radical (unpaired) electrons. The van der Waals surface area contributed by atoms with Crippen LogP contribution in [-0.2, 0) is 0 Å². The molecule has 0 saturated heterocycles. The van der Waals surface area contributed by atoms with E-state index in [0.29, 0.717) is 5.82 Å². The van der Waals surface area contributed by atoms with E-state index >= 15 is 0 Å². The third-order valence-electron chi connectivity index (χ3n) is 2.41. The molecule has 0 fully saturated rings. The molecule has 82 valence electrons. The summed E-state index contributed by atoms with van der Waals surface area (Å²) in [5, 5.41) is 0. The molecule has 0 amide bonds. The van der Waals surface area contributed by atoms with Gasteiger partial charge in [0, 0.05) is 12.2 Å². The van der Waals surface area contributed by atoms with Crippen LogP contribution in [0.2, 0.25) is 0 Å². The van der Waals surface area contributed by atoms with E-state index in [1.165, 1.54) is 0 Å². The van der Waals surface area contributed by atoms with Crippen LogP contribution < -0.4 is 11.5 Å². The molecule has 0 spiro atoms. The molecule has 1 unspecified atom stereocenters. The number of pyridine rings is 1. The van der Waals surface area contributed by atoms with Crippen molar-refractivity contribution in [3.8, 4) is 0 Å². The van der Waals surface area contributed by atoms with Crippen LogP contribution in [0.3, 0.4) is 0 Å². The summed E-state index contributed by atoms with van der Waals surface area (Å²) in [6.07, 6.45) is 7.80. The van der Waals surface area contributed by atoms with Crippen molar-refractivity contribution in [1.29, 1.82) is 0 Å². The van der Waals surface area contributed by atoms with Crippen LogP contribution in [0.15, 0.2) is 18.3 Å². The summed E-state index contributed by atoms with van der Waals surface area (Å²) < 4.78 is 0. The molecule has 1 rings (SSSR count). The molecule has 4 N–H and O–H groups in total. The lowest BCUT2D eigenvalue weighted by Gasteiger charge is -2.03. The zero-order chi connectivity index (χ0) is 11.3. The van der Waals surface area contributed by atoms with Gasteiger partial charge in [0.15, 0.2) is 0 Å². The molecule has 3 heteroatoms. The van der Waals surface area contributed by atoms with Crippen molar-refractivity contribution in [1.82, 2.24) is 4.98 Å². The highest BCUT2D eigenvalue weighted by molar-refractivity contribution is 5.52. The highest BCUT2D eigenvalue weighted by Gasteiger charge is 1.96. The zero-order valence-electron chi connectivity index (χ0n) is 9.40. The predicted octanol–water partition coefficient (Wildman–Crippen LogP) is 2.11. The maximum atomic E-state index is 5.80. The Balaban J connectivity index is 2.61.